The van der Waals surface area contributed by atoms with Gasteiger partial charge in [-0.05, 0) is 67.3 Å². The lowest BCUT2D eigenvalue weighted by molar-refractivity contribution is -0.200. The normalized spacial score (nSPS) is 24.3. The minimum Gasteiger partial charge on any atom is -0.494 e. The standard InChI is InChI=1S/C27H36N2O7S/c1-15-6-9-18(25-23(32)22(31)24(33)27(36-25)37-3)14-19(15)13-17-7-10-20(11-8-17)35-12-4-5-21(30)29-16(2)26(28)34/h6-11,14,16,22-25,27,31-33H,4-5,12-13H2,1-3H3,(H2,28,34)(H,29,30)/t16-,22+,23+,24-,25-,27+/m0/s1. The molecule has 0 aromatic heterocycles. The molecule has 1 saturated heterocycles. The molecule has 0 unspecified atom stereocenters. The second-order valence-corrected chi connectivity index (χ2v) is 10.2. The van der Waals surface area contributed by atoms with E-state index in [0.717, 1.165) is 22.3 Å². The maximum Gasteiger partial charge on any atom is 0.239 e. The van der Waals surface area contributed by atoms with Gasteiger partial charge < -0.3 is 35.8 Å². The van der Waals surface area contributed by atoms with Gasteiger partial charge in [-0.15, -0.1) is 11.8 Å². The summed E-state index contributed by atoms with van der Waals surface area (Å²) in [6.45, 7) is 3.91. The third-order valence-corrected chi connectivity index (χ3v) is 7.30. The van der Waals surface area contributed by atoms with E-state index in [1.54, 1.807) is 13.2 Å². The van der Waals surface area contributed by atoms with Gasteiger partial charge in [0.2, 0.25) is 11.8 Å². The van der Waals surface area contributed by atoms with Gasteiger partial charge >= 0.3 is 0 Å². The van der Waals surface area contributed by atoms with Crippen molar-refractivity contribution in [2.45, 2.75) is 69.0 Å². The van der Waals surface area contributed by atoms with E-state index in [1.807, 2.05) is 49.4 Å². The van der Waals surface area contributed by atoms with Crippen LogP contribution in [0.2, 0.25) is 0 Å². The lowest BCUT2D eigenvalue weighted by Gasteiger charge is -2.40. The Morgan fingerprint density at radius 1 is 1.11 bits per heavy atom. The van der Waals surface area contributed by atoms with Crippen molar-refractivity contribution in [3.8, 4) is 5.75 Å². The van der Waals surface area contributed by atoms with E-state index in [9.17, 15) is 24.9 Å². The number of hydrogen-bond donors (Lipinski definition) is 5. The molecule has 202 valence electrons. The van der Waals surface area contributed by atoms with E-state index in [0.29, 0.717) is 25.2 Å². The molecule has 0 radical (unpaired) electrons. The average molecular weight is 533 g/mol. The predicted molar refractivity (Wildman–Crippen MR) is 141 cm³/mol. The highest BCUT2D eigenvalue weighted by atomic mass is 32.2. The molecule has 2 amide bonds. The molecule has 0 aliphatic carbocycles. The molecule has 1 aliphatic heterocycles. The Morgan fingerprint density at radius 3 is 2.46 bits per heavy atom. The fourth-order valence-electron chi connectivity index (χ4n) is 4.11. The van der Waals surface area contributed by atoms with Crippen LogP contribution in [0, 0.1) is 6.92 Å². The summed E-state index contributed by atoms with van der Waals surface area (Å²) < 4.78 is 11.6. The highest BCUT2D eigenvalue weighted by Gasteiger charge is 2.44. The summed E-state index contributed by atoms with van der Waals surface area (Å²) in [5.41, 5.74) is 8.45. The molecule has 3 rings (SSSR count). The van der Waals surface area contributed by atoms with Crippen molar-refractivity contribution < 1.29 is 34.4 Å². The van der Waals surface area contributed by atoms with Crippen LogP contribution in [0.15, 0.2) is 42.5 Å². The smallest absolute Gasteiger partial charge is 0.239 e. The van der Waals surface area contributed by atoms with Crippen molar-refractivity contribution in [3.05, 3.63) is 64.7 Å². The molecule has 2 aromatic carbocycles. The summed E-state index contributed by atoms with van der Waals surface area (Å²) in [4.78, 5) is 22.8. The molecule has 9 nitrogen and oxygen atoms in total. The van der Waals surface area contributed by atoms with Crippen LogP contribution in [0.25, 0.3) is 0 Å². The highest BCUT2D eigenvalue weighted by Crippen LogP contribution is 2.36. The van der Waals surface area contributed by atoms with Gasteiger partial charge in [0.05, 0.1) is 6.61 Å². The lowest BCUT2D eigenvalue weighted by Crippen LogP contribution is -2.52. The van der Waals surface area contributed by atoms with Crippen LogP contribution < -0.4 is 15.8 Å². The Bertz CT molecular complexity index is 1060. The summed E-state index contributed by atoms with van der Waals surface area (Å²) in [5, 5.41) is 33.5. The molecule has 0 bridgehead atoms. The maximum atomic E-state index is 11.8. The van der Waals surface area contributed by atoms with Crippen LogP contribution in [0.3, 0.4) is 0 Å². The number of amides is 2. The fourth-order valence-corrected chi connectivity index (χ4v) is 4.78. The number of benzene rings is 2. The Morgan fingerprint density at radius 2 is 1.81 bits per heavy atom. The number of nitrogens with two attached hydrogens (primary N) is 1. The summed E-state index contributed by atoms with van der Waals surface area (Å²) >= 11 is 1.29. The Kier molecular flexibility index (Phi) is 10.4. The molecule has 6 N–H and O–H groups in total. The zero-order valence-corrected chi connectivity index (χ0v) is 22.1. The van der Waals surface area contributed by atoms with E-state index < -0.39 is 41.8 Å². The zero-order chi connectivity index (χ0) is 27.1. The predicted octanol–water partition coefficient (Wildman–Crippen LogP) is 1.58. The molecule has 2 aromatic rings. The molecule has 0 spiro atoms. The summed E-state index contributed by atoms with van der Waals surface area (Å²) in [5.74, 6) is -0.132. The molecular formula is C27H36N2O7S. The average Bonchev–Trinajstić information content (AvgIpc) is 2.87. The number of aliphatic hydroxyl groups excluding tert-OH is 3. The van der Waals surface area contributed by atoms with Crippen LogP contribution >= 0.6 is 11.8 Å². The number of rotatable bonds is 11. The molecular weight excluding hydrogens is 496 g/mol. The number of aliphatic hydroxyl groups is 3. The molecule has 1 fully saturated rings. The first-order valence-corrected chi connectivity index (χ1v) is 13.5. The third-order valence-electron chi connectivity index (χ3n) is 6.44. The SMILES string of the molecule is CS[C@H]1O[C@@H](c2ccc(C)c(Cc3ccc(OCCCC(=O)N[C@@H](C)C(N)=O)cc3)c2)[C@H](O)[C@@H](O)[C@@H]1O. The number of primary amides is 1. The van der Waals surface area contributed by atoms with E-state index in [1.165, 1.54) is 11.8 Å². The summed E-state index contributed by atoms with van der Waals surface area (Å²) in [6, 6.07) is 12.8. The third kappa shape index (κ3) is 7.68. The maximum absolute atomic E-state index is 11.8. The first kappa shape index (κ1) is 28.9. The monoisotopic (exact) mass is 532 g/mol. The van der Waals surface area contributed by atoms with E-state index in [4.69, 9.17) is 15.2 Å². The van der Waals surface area contributed by atoms with Gasteiger partial charge in [0, 0.05) is 6.42 Å². The second-order valence-electron chi connectivity index (χ2n) is 9.28. The Labute approximate surface area is 221 Å². The van der Waals surface area contributed by atoms with Crippen molar-refractivity contribution in [2.75, 3.05) is 12.9 Å². The van der Waals surface area contributed by atoms with Gasteiger partial charge in [0.15, 0.2) is 0 Å². The van der Waals surface area contributed by atoms with Gasteiger partial charge in [-0.2, -0.15) is 0 Å². The molecule has 0 saturated carbocycles. The largest absolute Gasteiger partial charge is 0.494 e. The van der Waals surface area contributed by atoms with Crippen molar-refractivity contribution in [3.63, 3.8) is 0 Å². The van der Waals surface area contributed by atoms with Gasteiger partial charge in [0.25, 0.3) is 0 Å². The van der Waals surface area contributed by atoms with E-state index in [2.05, 4.69) is 5.32 Å². The zero-order valence-electron chi connectivity index (χ0n) is 21.3. The van der Waals surface area contributed by atoms with Crippen molar-refractivity contribution in [1.82, 2.24) is 5.32 Å². The second kappa shape index (κ2) is 13.3. The number of thioether (sulfide) groups is 1. The first-order chi connectivity index (χ1) is 17.6. The van der Waals surface area contributed by atoms with Crippen LogP contribution in [0.4, 0.5) is 0 Å². The lowest BCUT2D eigenvalue weighted by atomic mass is 9.91. The minimum atomic E-state index is -1.29. The first-order valence-electron chi connectivity index (χ1n) is 12.2. The molecule has 1 aliphatic rings. The fraction of sp³-hybridized carbons (Fsp3) is 0.481. The van der Waals surface area contributed by atoms with E-state index >= 15 is 0 Å². The molecule has 10 heteroatoms. The Balaban J connectivity index is 1.56. The van der Waals surface area contributed by atoms with E-state index in [-0.39, 0.29) is 12.3 Å². The van der Waals surface area contributed by atoms with Gasteiger partial charge in [0.1, 0.15) is 41.6 Å². The number of aryl methyl sites for hydroxylation is 1. The van der Waals surface area contributed by atoms with Crippen molar-refractivity contribution >= 4 is 23.6 Å². The molecule has 1 heterocycles. The number of nitrogens with one attached hydrogen (secondary N) is 1. The molecule has 37 heavy (non-hydrogen) atoms. The topological polar surface area (TPSA) is 151 Å². The quantitative estimate of drug-likeness (QED) is 0.274. The Hall–Kier alpha value is -2.63. The van der Waals surface area contributed by atoms with Crippen LogP contribution in [0.5, 0.6) is 5.75 Å². The van der Waals surface area contributed by atoms with Crippen LogP contribution in [-0.4, -0.2) is 69.8 Å². The minimum absolute atomic E-state index is 0.235. The van der Waals surface area contributed by atoms with Crippen LogP contribution in [-0.2, 0) is 20.7 Å². The number of carbonyl (C=O) groups is 2. The number of ether oxygens (including phenoxy) is 2. The van der Waals surface area contributed by atoms with Gasteiger partial charge in [-0.3, -0.25) is 9.59 Å². The van der Waals surface area contributed by atoms with Gasteiger partial charge in [-0.1, -0.05) is 30.3 Å². The van der Waals surface area contributed by atoms with Gasteiger partial charge in [-0.25, -0.2) is 0 Å². The van der Waals surface area contributed by atoms with Crippen molar-refractivity contribution in [1.29, 1.82) is 0 Å². The number of carbonyl (C=O) groups excluding carboxylic acids is 2. The molecule has 6 atom stereocenters. The number of hydrogen-bond acceptors (Lipinski definition) is 8. The highest BCUT2D eigenvalue weighted by molar-refractivity contribution is 7.99. The summed E-state index contributed by atoms with van der Waals surface area (Å²) in [7, 11) is 0. The van der Waals surface area contributed by atoms with Crippen molar-refractivity contribution in [2.24, 2.45) is 5.73 Å². The van der Waals surface area contributed by atoms with Crippen LogP contribution in [0.1, 0.15) is 48.1 Å². The summed E-state index contributed by atoms with van der Waals surface area (Å²) in [6.07, 6.45) is -1.25.